The van der Waals surface area contributed by atoms with Gasteiger partial charge in [-0.25, -0.2) is 0 Å². The molecule has 4 rings (SSSR count). The largest absolute Gasteiger partial charge is 0.467 e. The zero-order valence-electron chi connectivity index (χ0n) is 17.3. The average molecular weight is 470 g/mol. The summed E-state index contributed by atoms with van der Waals surface area (Å²) in [6, 6.07) is 13.4. The van der Waals surface area contributed by atoms with Crippen molar-refractivity contribution in [3.05, 3.63) is 66.1 Å². The summed E-state index contributed by atoms with van der Waals surface area (Å²) in [4.78, 5) is 28.4. The van der Waals surface area contributed by atoms with E-state index >= 15 is 0 Å². The molecule has 0 aliphatic carbocycles. The third-order valence-electron chi connectivity index (χ3n) is 4.84. The Morgan fingerprint density at radius 2 is 1.91 bits per heavy atom. The number of benzene rings is 1. The van der Waals surface area contributed by atoms with Gasteiger partial charge >= 0.3 is 0 Å². The van der Waals surface area contributed by atoms with Gasteiger partial charge in [0.05, 0.1) is 18.6 Å². The highest BCUT2D eigenvalue weighted by atomic mass is 32.2. The molecule has 1 aromatic carbocycles. The van der Waals surface area contributed by atoms with E-state index in [1.54, 1.807) is 18.4 Å². The zero-order chi connectivity index (χ0) is 22.2. The fourth-order valence-corrected chi connectivity index (χ4v) is 4.84. The number of thioether (sulfide) groups is 1. The molecule has 1 N–H and O–H groups in total. The molecule has 8 nitrogen and oxygen atoms in total. The predicted molar refractivity (Wildman–Crippen MR) is 125 cm³/mol. The number of rotatable bonds is 8. The van der Waals surface area contributed by atoms with Crippen molar-refractivity contribution in [3.63, 3.8) is 0 Å². The molecule has 1 saturated heterocycles. The molecule has 1 aliphatic heterocycles. The van der Waals surface area contributed by atoms with E-state index in [2.05, 4.69) is 20.4 Å². The highest BCUT2D eigenvalue weighted by Gasteiger charge is 2.22. The summed E-state index contributed by atoms with van der Waals surface area (Å²) in [6.45, 7) is 3.05. The molecular formula is C22H23N5O3S2. The number of carbonyl (C=O) groups excluding carboxylic acids is 2. The maximum atomic E-state index is 12.4. The Bertz CT molecular complexity index is 1040. The molecule has 0 spiro atoms. The second-order valence-electron chi connectivity index (χ2n) is 7.05. The minimum absolute atomic E-state index is 0.0163. The van der Waals surface area contributed by atoms with E-state index in [4.69, 9.17) is 4.42 Å². The van der Waals surface area contributed by atoms with Crippen LogP contribution < -0.4 is 10.2 Å². The molecule has 10 heteroatoms. The van der Waals surface area contributed by atoms with Crippen LogP contribution in [0.25, 0.3) is 6.08 Å². The van der Waals surface area contributed by atoms with Crippen LogP contribution in [0.1, 0.15) is 11.3 Å². The van der Waals surface area contributed by atoms with Gasteiger partial charge in [0.1, 0.15) is 5.76 Å². The Labute approximate surface area is 194 Å². The van der Waals surface area contributed by atoms with Gasteiger partial charge in [0.2, 0.25) is 16.9 Å². The number of hydrogen-bond acceptors (Lipinski definition) is 8. The van der Waals surface area contributed by atoms with Crippen LogP contribution >= 0.6 is 23.1 Å². The topological polar surface area (TPSA) is 91.6 Å². The van der Waals surface area contributed by atoms with Crippen molar-refractivity contribution in [3.8, 4) is 0 Å². The Balaban J connectivity index is 1.20. The third kappa shape index (κ3) is 6.21. The number of nitrogens with one attached hydrogen (secondary N) is 1. The van der Waals surface area contributed by atoms with Crippen LogP contribution in [0.5, 0.6) is 0 Å². The summed E-state index contributed by atoms with van der Waals surface area (Å²) in [5, 5.41) is 12.1. The Kier molecular flexibility index (Phi) is 7.57. The van der Waals surface area contributed by atoms with E-state index in [1.165, 1.54) is 23.1 Å². The number of amides is 2. The minimum Gasteiger partial charge on any atom is -0.467 e. The summed E-state index contributed by atoms with van der Waals surface area (Å²) in [6.07, 6.45) is 5.05. The van der Waals surface area contributed by atoms with E-state index in [1.807, 2.05) is 47.4 Å². The molecule has 1 fully saturated rings. The highest BCUT2D eigenvalue weighted by molar-refractivity contribution is 8.01. The van der Waals surface area contributed by atoms with Crippen LogP contribution in [-0.4, -0.2) is 58.8 Å². The first kappa shape index (κ1) is 22.1. The first-order valence-corrected chi connectivity index (χ1v) is 12.0. The molecule has 3 aromatic rings. The smallest absolute Gasteiger partial charge is 0.246 e. The standard InChI is InChI=1S/C22H23N5O3S2/c28-19(23-15-18-7-4-14-30-18)16-31-22-25-24-21(32-22)27-12-10-26(11-13-27)20(29)9-8-17-5-2-1-3-6-17/h1-9,14H,10-13,15-16H2,(H,23,28)/b9-8+. The van der Waals surface area contributed by atoms with Gasteiger partial charge in [0.25, 0.3) is 0 Å². The van der Waals surface area contributed by atoms with Crippen molar-refractivity contribution in [1.29, 1.82) is 0 Å². The fourth-order valence-electron chi connectivity index (χ4n) is 3.12. The number of hydrogen-bond donors (Lipinski definition) is 1. The zero-order valence-corrected chi connectivity index (χ0v) is 19.0. The lowest BCUT2D eigenvalue weighted by Gasteiger charge is -2.33. The van der Waals surface area contributed by atoms with Crippen molar-refractivity contribution in [2.24, 2.45) is 0 Å². The van der Waals surface area contributed by atoms with Crippen molar-refractivity contribution in [1.82, 2.24) is 20.4 Å². The molecule has 2 aromatic heterocycles. The van der Waals surface area contributed by atoms with Gasteiger partial charge < -0.3 is 19.5 Å². The highest BCUT2D eigenvalue weighted by Crippen LogP contribution is 2.28. The average Bonchev–Trinajstić information content (AvgIpc) is 3.53. The number of aromatic nitrogens is 2. The molecule has 0 atom stereocenters. The summed E-state index contributed by atoms with van der Waals surface area (Å²) in [5.41, 5.74) is 1.01. The van der Waals surface area contributed by atoms with Gasteiger partial charge in [-0.1, -0.05) is 53.4 Å². The van der Waals surface area contributed by atoms with E-state index in [-0.39, 0.29) is 17.6 Å². The number of nitrogens with zero attached hydrogens (tertiary/aromatic N) is 4. The molecule has 0 radical (unpaired) electrons. The summed E-state index contributed by atoms with van der Waals surface area (Å²) >= 11 is 2.83. The van der Waals surface area contributed by atoms with Crippen LogP contribution in [0.15, 0.2) is 63.6 Å². The quantitative estimate of drug-likeness (QED) is 0.401. The van der Waals surface area contributed by atoms with Crippen molar-refractivity contribution in [2.45, 2.75) is 10.9 Å². The van der Waals surface area contributed by atoms with E-state index in [0.29, 0.717) is 32.7 Å². The van der Waals surface area contributed by atoms with E-state index < -0.39 is 0 Å². The van der Waals surface area contributed by atoms with Gasteiger partial charge in [-0.3, -0.25) is 9.59 Å². The van der Waals surface area contributed by atoms with Crippen molar-refractivity contribution in [2.75, 3.05) is 36.8 Å². The van der Waals surface area contributed by atoms with E-state index in [0.717, 1.165) is 20.8 Å². The molecule has 32 heavy (non-hydrogen) atoms. The number of furan rings is 1. The molecule has 2 amide bonds. The summed E-state index contributed by atoms with van der Waals surface area (Å²) in [5.74, 6) is 0.918. The normalized spacial score (nSPS) is 14.1. The van der Waals surface area contributed by atoms with Crippen LogP contribution in [0.2, 0.25) is 0 Å². The Hall–Kier alpha value is -3.11. The molecule has 0 saturated carbocycles. The second kappa shape index (κ2) is 11.0. The van der Waals surface area contributed by atoms with Crippen LogP contribution in [0.4, 0.5) is 5.13 Å². The lowest BCUT2D eigenvalue weighted by atomic mass is 10.2. The van der Waals surface area contributed by atoms with E-state index in [9.17, 15) is 9.59 Å². The van der Waals surface area contributed by atoms with Gasteiger partial charge in [0, 0.05) is 32.3 Å². The Morgan fingerprint density at radius 3 is 2.66 bits per heavy atom. The lowest BCUT2D eigenvalue weighted by Crippen LogP contribution is -2.48. The molecule has 166 valence electrons. The molecule has 1 aliphatic rings. The number of carbonyl (C=O) groups is 2. The lowest BCUT2D eigenvalue weighted by molar-refractivity contribution is -0.126. The Morgan fingerprint density at radius 1 is 1.09 bits per heavy atom. The fraction of sp³-hybridized carbons (Fsp3) is 0.273. The second-order valence-corrected chi connectivity index (χ2v) is 9.23. The van der Waals surface area contributed by atoms with Gasteiger partial charge in [0.15, 0.2) is 4.34 Å². The van der Waals surface area contributed by atoms with Crippen molar-refractivity contribution < 1.29 is 14.0 Å². The molecule has 0 unspecified atom stereocenters. The maximum Gasteiger partial charge on any atom is 0.246 e. The minimum atomic E-state index is -0.0844. The van der Waals surface area contributed by atoms with Gasteiger partial charge in [-0.15, -0.1) is 10.2 Å². The van der Waals surface area contributed by atoms with Gasteiger partial charge in [-0.05, 0) is 23.8 Å². The number of piperazine rings is 1. The molecule has 0 bridgehead atoms. The molecular weight excluding hydrogens is 446 g/mol. The van der Waals surface area contributed by atoms with Crippen LogP contribution in [-0.2, 0) is 16.1 Å². The predicted octanol–water partition coefficient (Wildman–Crippen LogP) is 2.90. The maximum absolute atomic E-state index is 12.4. The van der Waals surface area contributed by atoms with Crippen LogP contribution in [0, 0.1) is 0 Å². The number of anilines is 1. The van der Waals surface area contributed by atoms with Gasteiger partial charge in [-0.2, -0.15) is 0 Å². The first-order chi connectivity index (χ1) is 15.7. The SMILES string of the molecule is O=C(CSc1nnc(N2CCN(C(=O)/C=C/c3ccccc3)CC2)s1)NCc1ccco1. The summed E-state index contributed by atoms with van der Waals surface area (Å²) < 4.78 is 5.95. The monoisotopic (exact) mass is 469 g/mol. The van der Waals surface area contributed by atoms with Crippen molar-refractivity contribution >= 4 is 46.1 Å². The first-order valence-electron chi connectivity index (χ1n) is 10.2. The summed E-state index contributed by atoms with van der Waals surface area (Å²) in [7, 11) is 0. The third-order valence-corrected chi connectivity index (χ3v) is 6.96. The molecule has 3 heterocycles. The van der Waals surface area contributed by atoms with Crippen LogP contribution in [0.3, 0.4) is 0 Å².